The molecule has 20 heavy (non-hydrogen) atoms. The molecular weight excluding hydrogens is 272 g/mol. The maximum atomic E-state index is 13.5. The Morgan fingerprint density at radius 3 is 2.75 bits per heavy atom. The summed E-state index contributed by atoms with van der Waals surface area (Å²) in [7, 11) is 0. The lowest BCUT2D eigenvalue weighted by atomic mass is 9.99. The molecule has 0 aliphatic carbocycles. The number of nitro groups is 1. The fourth-order valence-corrected chi connectivity index (χ4v) is 2.08. The van der Waals surface area contributed by atoms with Crippen LogP contribution in [-0.2, 0) is 4.79 Å². The average molecular weight is 285 g/mol. The third-order valence-electron chi connectivity index (χ3n) is 3.16. The first-order chi connectivity index (χ1) is 9.49. The molecule has 1 fully saturated rings. The molecule has 0 spiro atoms. The van der Waals surface area contributed by atoms with E-state index in [2.05, 4.69) is 10.6 Å². The number of carbonyl (C=O) groups excluding carboxylic acids is 1. The number of amides is 1. The standard InChI is InChI=1S/C12H13F2N3O3/c13-8-4-9(14)11(17(19)20)5-10(8)16-12(18)7-2-1-3-15-6-7/h4-5,7,15H,1-3,6H2,(H,16,18)/t7-/m0/s1. The lowest BCUT2D eigenvalue weighted by molar-refractivity contribution is -0.387. The fraction of sp³-hybridized carbons (Fsp3) is 0.417. The van der Waals surface area contributed by atoms with E-state index in [-0.39, 0.29) is 11.6 Å². The summed E-state index contributed by atoms with van der Waals surface area (Å²) in [4.78, 5) is 21.5. The lowest BCUT2D eigenvalue weighted by Crippen LogP contribution is -2.37. The second-order valence-electron chi connectivity index (χ2n) is 4.57. The summed E-state index contributed by atoms with van der Waals surface area (Å²) in [6, 6.07) is 1.09. The zero-order valence-electron chi connectivity index (χ0n) is 10.5. The Morgan fingerprint density at radius 1 is 1.40 bits per heavy atom. The van der Waals surface area contributed by atoms with E-state index in [4.69, 9.17) is 0 Å². The molecule has 1 aromatic rings. The number of hydrogen-bond acceptors (Lipinski definition) is 4. The van der Waals surface area contributed by atoms with Crippen LogP contribution in [0.25, 0.3) is 0 Å². The number of nitrogens with zero attached hydrogens (tertiary/aromatic N) is 1. The largest absolute Gasteiger partial charge is 0.323 e. The van der Waals surface area contributed by atoms with Gasteiger partial charge in [0.1, 0.15) is 5.82 Å². The minimum absolute atomic E-state index is 0.327. The first-order valence-electron chi connectivity index (χ1n) is 6.14. The molecule has 1 aromatic carbocycles. The predicted molar refractivity (Wildman–Crippen MR) is 67.2 cm³/mol. The van der Waals surface area contributed by atoms with E-state index in [1.165, 1.54) is 0 Å². The van der Waals surface area contributed by atoms with Crippen molar-refractivity contribution in [1.29, 1.82) is 0 Å². The zero-order valence-corrected chi connectivity index (χ0v) is 10.5. The van der Waals surface area contributed by atoms with Gasteiger partial charge in [-0.25, -0.2) is 4.39 Å². The monoisotopic (exact) mass is 285 g/mol. The highest BCUT2D eigenvalue weighted by Gasteiger charge is 2.24. The molecule has 0 bridgehead atoms. The van der Waals surface area contributed by atoms with Gasteiger partial charge in [0.15, 0.2) is 0 Å². The average Bonchev–Trinajstić information content (AvgIpc) is 2.42. The second-order valence-corrected chi connectivity index (χ2v) is 4.57. The summed E-state index contributed by atoms with van der Waals surface area (Å²) in [6.45, 7) is 1.29. The van der Waals surface area contributed by atoms with Crippen molar-refractivity contribution < 1.29 is 18.5 Å². The Balaban J connectivity index is 2.18. The predicted octanol–water partition coefficient (Wildman–Crippen LogP) is 1.81. The van der Waals surface area contributed by atoms with Crippen molar-refractivity contribution in [3.8, 4) is 0 Å². The fourth-order valence-electron chi connectivity index (χ4n) is 2.08. The highest BCUT2D eigenvalue weighted by molar-refractivity contribution is 5.93. The topological polar surface area (TPSA) is 84.3 Å². The van der Waals surface area contributed by atoms with Crippen molar-refractivity contribution in [2.45, 2.75) is 12.8 Å². The molecule has 1 atom stereocenters. The molecule has 2 rings (SSSR count). The van der Waals surface area contributed by atoms with Gasteiger partial charge >= 0.3 is 5.69 Å². The van der Waals surface area contributed by atoms with E-state index >= 15 is 0 Å². The lowest BCUT2D eigenvalue weighted by Gasteiger charge is -2.21. The van der Waals surface area contributed by atoms with E-state index in [0.29, 0.717) is 25.1 Å². The summed E-state index contributed by atoms with van der Waals surface area (Å²) in [5, 5.41) is 15.9. The Kier molecular flexibility index (Phi) is 4.23. The molecule has 6 nitrogen and oxygen atoms in total. The van der Waals surface area contributed by atoms with Gasteiger partial charge in [-0.15, -0.1) is 0 Å². The minimum atomic E-state index is -1.27. The summed E-state index contributed by atoms with van der Waals surface area (Å²) in [5.41, 5.74) is -1.25. The van der Waals surface area contributed by atoms with Gasteiger partial charge in [0.05, 0.1) is 16.5 Å². The number of carbonyl (C=O) groups is 1. The van der Waals surface area contributed by atoms with Gasteiger partial charge in [-0.2, -0.15) is 4.39 Å². The third kappa shape index (κ3) is 3.08. The Labute approximate surface area is 113 Å². The summed E-state index contributed by atoms with van der Waals surface area (Å²) in [5.74, 6) is -3.07. The van der Waals surface area contributed by atoms with Crippen molar-refractivity contribution in [1.82, 2.24) is 5.32 Å². The highest BCUT2D eigenvalue weighted by atomic mass is 19.1. The summed E-state index contributed by atoms with van der Waals surface area (Å²) in [6.07, 6.45) is 1.48. The molecule has 1 saturated heterocycles. The van der Waals surface area contributed by atoms with Crippen molar-refractivity contribution in [2.75, 3.05) is 18.4 Å². The number of hydrogen-bond donors (Lipinski definition) is 2. The molecule has 0 unspecified atom stereocenters. The van der Waals surface area contributed by atoms with Crippen molar-refractivity contribution >= 4 is 17.3 Å². The van der Waals surface area contributed by atoms with Gasteiger partial charge in [0.25, 0.3) is 0 Å². The minimum Gasteiger partial charge on any atom is -0.323 e. The van der Waals surface area contributed by atoms with Gasteiger partial charge in [-0.3, -0.25) is 14.9 Å². The highest BCUT2D eigenvalue weighted by Crippen LogP contribution is 2.26. The summed E-state index contributed by atoms with van der Waals surface area (Å²) >= 11 is 0. The molecule has 2 N–H and O–H groups in total. The van der Waals surface area contributed by atoms with E-state index in [1.54, 1.807) is 0 Å². The van der Waals surface area contributed by atoms with Crippen LogP contribution in [0.5, 0.6) is 0 Å². The molecule has 1 aliphatic heterocycles. The van der Waals surface area contributed by atoms with Crippen LogP contribution >= 0.6 is 0 Å². The SMILES string of the molecule is O=C(Nc1cc([N+](=O)[O-])c(F)cc1F)[C@H]1CCCNC1. The molecule has 0 saturated carbocycles. The van der Waals surface area contributed by atoms with Crippen molar-refractivity contribution in [3.63, 3.8) is 0 Å². The van der Waals surface area contributed by atoms with Crippen LogP contribution in [0.15, 0.2) is 12.1 Å². The van der Waals surface area contributed by atoms with Crippen LogP contribution in [-0.4, -0.2) is 23.9 Å². The van der Waals surface area contributed by atoms with E-state index in [1.807, 2.05) is 0 Å². The van der Waals surface area contributed by atoms with Crippen molar-refractivity contribution in [2.24, 2.45) is 5.92 Å². The quantitative estimate of drug-likeness (QED) is 0.655. The van der Waals surface area contributed by atoms with Crippen LogP contribution in [0.3, 0.4) is 0 Å². The second kappa shape index (κ2) is 5.91. The number of benzene rings is 1. The number of nitrogens with one attached hydrogen (secondary N) is 2. The molecule has 108 valence electrons. The van der Waals surface area contributed by atoms with E-state index < -0.39 is 28.2 Å². The molecular formula is C12H13F2N3O3. The number of rotatable bonds is 3. The van der Waals surface area contributed by atoms with Gasteiger partial charge in [0, 0.05) is 18.7 Å². The third-order valence-corrected chi connectivity index (χ3v) is 3.16. The number of piperidine rings is 1. The van der Waals surface area contributed by atoms with Crippen LogP contribution in [0.2, 0.25) is 0 Å². The van der Waals surface area contributed by atoms with Gasteiger partial charge in [-0.05, 0) is 19.4 Å². The molecule has 1 aliphatic rings. The number of halogens is 2. The van der Waals surface area contributed by atoms with Crippen LogP contribution < -0.4 is 10.6 Å². The van der Waals surface area contributed by atoms with Gasteiger partial charge in [-0.1, -0.05) is 0 Å². The number of anilines is 1. The molecule has 1 heterocycles. The Bertz CT molecular complexity index is 545. The van der Waals surface area contributed by atoms with Crippen LogP contribution in [0, 0.1) is 27.7 Å². The normalized spacial score (nSPS) is 18.6. The molecule has 1 amide bonds. The maximum absolute atomic E-state index is 13.5. The van der Waals surface area contributed by atoms with Crippen molar-refractivity contribution in [3.05, 3.63) is 33.9 Å². The van der Waals surface area contributed by atoms with Crippen LogP contribution in [0.1, 0.15) is 12.8 Å². The molecule has 0 radical (unpaired) electrons. The maximum Gasteiger partial charge on any atom is 0.307 e. The van der Waals surface area contributed by atoms with E-state index in [9.17, 15) is 23.7 Å². The zero-order chi connectivity index (χ0) is 14.7. The number of nitro benzene ring substituents is 1. The first kappa shape index (κ1) is 14.3. The Hall–Kier alpha value is -2.09. The first-order valence-corrected chi connectivity index (χ1v) is 6.14. The van der Waals surface area contributed by atoms with Crippen LogP contribution in [0.4, 0.5) is 20.2 Å². The molecule has 8 heteroatoms. The Morgan fingerprint density at radius 2 is 2.15 bits per heavy atom. The van der Waals surface area contributed by atoms with Gasteiger partial charge < -0.3 is 10.6 Å². The summed E-state index contributed by atoms with van der Waals surface area (Å²) < 4.78 is 26.7. The molecule has 0 aromatic heterocycles. The van der Waals surface area contributed by atoms with Gasteiger partial charge in [0.2, 0.25) is 11.7 Å². The smallest absolute Gasteiger partial charge is 0.307 e. The van der Waals surface area contributed by atoms with E-state index in [0.717, 1.165) is 13.0 Å².